The molecule has 0 atom stereocenters. The Morgan fingerprint density at radius 3 is 2.37 bits per heavy atom. The van der Waals surface area contributed by atoms with Crippen molar-refractivity contribution in [3.05, 3.63) is 49.6 Å². The maximum atomic E-state index is 13.4. The summed E-state index contributed by atoms with van der Waals surface area (Å²) in [6.45, 7) is 1.87. The lowest BCUT2D eigenvalue weighted by Gasteiger charge is -2.12. The molecule has 6 heteroatoms. The van der Waals surface area contributed by atoms with Gasteiger partial charge in [-0.3, -0.25) is 0 Å². The van der Waals surface area contributed by atoms with E-state index in [4.69, 9.17) is 22.1 Å². The van der Waals surface area contributed by atoms with Crippen molar-refractivity contribution in [2.45, 2.75) is 6.92 Å². The highest BCUT2D eigenvalue weighted by atomic mass is 79.9. The largest absolute Gasteiger partial charge is 0.455 e. The Morgan fingerprint density at radius 2 is 1.68 bits per heavy atom. The number of nitrogen functional groups attached to an aromatic ring is 1. The van der Waals surface area contributed by atoms with Gasteiger partial charge in [0.25, 0.3) is 0 Å². The SMILES string of the molecule is Cc1cc(Oc2cc(F)c(Cl)cc2Br)c(Br)cc1N. The van der Waals surface area contributed by atoms with E-state index in [1.54, 1.807) is 12.1 Å². The summed E-state index contributed by atoms with van der Waals surface area (Å²) >= 11 is 12.3. The van der Waals surface area contributed by atoms with Crippen molar-refractivity contribution in [3.8, 4) is 11.5 Å². The molecule has 19 heavy (non-hydrogen) atoms. The Balaban J connectivity index is 2.42. The van der Waals surface area contributed by atoms with Crippen LogP contribution in [0.25, 0.3) is 0 Å². The molecule has 2 nitrogen and oxygen atoms in total. The van der Waals surface area contributed by atoms with E-state index in [1.807, 2.05) is 6.92 Å². The Bertz CT molecular complexity index is 594. The number of benzene rings is 2. The lowest BCUT2D eigenvalue weighted by Crippen LogP contribution is -1.93. The van der Waals surface area contributed by atoms with Gasteiger partial charge in [-0.25, -0.2) is 4.39 Å². The van der Waals surface area contributed by atoms with E-state index in [1.165, 1.54) is 12.1 Å². The van der Waals surface area contributed by atoms with Gasteiger partial charge in [-0.05, 0) is 62.5 Å². The van der Waals surface area contributed by atoms with Gasteiger partial charge in [0.15, 0.2) is 0 Å². The molecule has 0 radical (unpaired) electrons. The number of halogens is 4. The summed E-state index contributed by atoms with van der Waals surface area (Å²) in [5, 5.41) is 0.0341. The average Bonchev–Trinajstić information content (AvgIpc) is 2.32. The predicted octanol–water partition coefficient (Wildman–Crippen LogP) is 5.69. The number of ether oxygens (including phenoxy) is 1. The molecule has 0 aliphatic carbocycles. The zero-order chi connectivity index (χ0) is 14.2. The first-order valence-corrected chi connectivity index (χ1v) is 7.23. The fraction of sp³-hybridized carbons (Fsp3) is 0.0769. The zero-order valence-corrected chi connectivity index (χ0v) is 13.7. The average molecular weight is 409 g/mol. The number of hydrogen-bond donors (Lipinski definition) is 1. The van der Waals surface area contributed by atoms with Crippen LogP contribution in [0.15, 0.2) is 33.2 Å². The van der Waals surface area contributed by atoms with Gasteiger partial charge in [0.05, 0.1) is 14.0 Å². The molecule has 2 aromatic rings. The summed E-state index contributed by atoms with van der Waals surface area (Å²) in [7, 11) is 0. The topological polar surface area (TPSA) is 35.2 Å². The predicted molar refractivity (Wildman–Crippen MR) is 82.5 cm³/mol. The summed E-state index contributed by atoms with van der Waals surface area (Å²) in [6.07, 6.45) is 0. The minimum Gasteiger partial charge on any atom is -0.455 e. The molecule has 0 amide bonds. The van der Waals surface area contributed by atoms with Crippen LogP contribution < -0.4 is 10.5 Å². The molecule has 0 bridgehead atoms. The Morgan fingerprint density at radius 1 is 1.11 bits per heavy atom. The minimum atomic E-state index is -0.539. The van der Waals surface area contributed by atoms with Gasteiger partial charge < -0.3 is 10.5 Å². The number of nitrogens with two attached hydrogens (primary N) is 1. The number of aryl methyl sites for hydroxylation is 1. The Kier molecular flexibility index (Phi) is 4.38. The summed E-state index contributed by atoms with van der Waals surface area (Å²) < 4.78 is 20.4. The Hall–Kier alpha value is -0.780. The van der Waals surface area contributed by atoms with Crippen molar-refractivity contribution in [3.63, 3.8) is 0 Å². The third-order valence-electron chi connectivity index (χ3n) is 2.52. The van der Waals surface area contributed by atoms with Crippen LogP contribution in [0.4, 0.5) is 10.1 Å². The molecule has 0 aromatic heterocycles. The molecule has 2 N–H and O–H groups in total. The maximum Gasteiger partial charge on any atom is 0.145 e. The summed E-state index contributed by atoms with van der Waals surface area (Å²) in [6, 6.07) is 6.19. The van der Waals surface area contributed by atoms with Crippen molar-refractivity contribution in [2.75, 3.05) is 5.73 Å². The number of rotatable bonds is 2. The summed E-state index contributed by atoms with van der Waals surface area (Å²) in [5.41, 5.74) is 7.32. The second-order valence-corrected chi connectivity index (χ2v) is 6.05. The van der Waals surface area contributed by atoms with Gasteiger partial charge in [-0.15, -0.1) is 0 Å². The third-order valence-corrected chi connectivity index (χ3v) is 4.04. The fourth-order valence-electron chi connectivity index (χ4n) is 1.45. The molecule has 0 unspecified atom stereocenters. The number of anilines is 1. The lowest BCUT2D eigenvalue weighted by molar-refractivity contribution is 0.470. The molecule has 0 spiro atoms. The Labute approximate surface area is 132 Å². The van der Waals surface area contributed by atoms with Gasteiger partial charge in [-0.1, -0.05) is 11.6 Å². The quantitative estimate of drug-likeness (QED) is 0.511. The van der Waals surface area contributed by atoms with Crippen molar-refractivity contribution in [1.29, 1.82) is 0 Å². The second-order valence-electron chi connectivity index (χ2n) is 3.94. The normalized spacial score (nSPS) is 10.6. The van der Waals surface area contributed by atoms with Crippen molar-refractivity contribution < 1.29 is 9.13 Å². The highest BCUT2D eigenvalue weighted by Gasteiger charge is 2.11. The van der Waals surface area contributed by atoms with Gasteiger partial charge in [0.2, 0.25) is 0 Å². The van der Waals surface area contributed by atoms with Crippen LogP contribution in [0, 0.1) is 12.7 Å². The van der Waals surface area contributed by atoms with Crippen molar-refractivity contribution >= 4 is 49.1 Å². The second kappa shape index (κ2) is 5.69. The van der Waals surface area contributed by atoms with Crippen LogP contribution in [0.3, 0.4) is 0 Å². The zero-order valence-electron chi connectivity index (χ0n) is 9.81. The van der Waals surface area contributed by atoms with Crippen LogP contribution >= 0.6 is 43.5 Å². The molecule has 0 saturated heterocycles. The maximum absolute atomic E-state index is 13.4. The molecule has 0 fully saturated rings. The van der Waals surface area contributed by atoms with Crippen LogP contribution in [0.5, 0.6) is 11.5 Å². The first kappa shape index (κ1) is 14.6. The molecule has 2 rings (SSSR count). The van der Waals surface area contributed by atoms with Crippen LogP contribution in [0.1, 0.15) is 5.56 Å². The van der Waals surface area contributed by atoms with E-state index >= 15 is 0 Å². The van der Waals surface area contributed by atoms with Gasteiger partial charge in [0.1, 0.15) is 17.3 Å². The van der Waals surface area contributed by atoms with Gasteiger partial charge in [0, 0.05) is 11.8 Å². The van der Waals surface area contributed by atoms with Gasteiger partial charge >= 0.3 is 0 Å². The minimum absolute atomic E-state index is 0.0341. The molecule has 0 saturated carbocycles. The molecule has 0 aliphatic rings. The molecule has 0 heterocycles. The first-order chi connectivity index (χ1) is 8.88. The summed E-state index contributed by atoms with van der Waals surface area (Å²) in [4.78, 5) is 0. The molecule has 0 aliphatic heterocycles. The van der Waals surface area contributed by atoms with E-state index in [0.717, 1.165) is 5.56 Å². The first-order valence-electron chi connectivity index (χ1n) is 5.26. The highest BCUT2D eigenvalue weighted by Crippen LogP contribution is 2.38. The van der Waals surface area contributed by atoms with E-state index in [9.17, 15) is 4.39 Å². The summed E-state index contributed by atoms with van der Waals surface area (Å²) in [5.74, 6) is 0.351. The molecule has 100 valence electrons. The van der Waals surface area contributed by atoms with E-state index in [-0.39, 0.29) is 5.02 Å². The van der Waals surface area contributed by atoms with Crippen LogP contribution in [-0.2, 0) is 0 Å². The molecular formula is C13H9Br2ClFNO. The molecular weight excluding hydrogens is 400 g/mol. The molecule has 2 aromatic carbocycles. The fourth-order valence-corrected chi connectivity index (χ4v) is 2.61. The van der Waals surface area contributed by atoms with Crippen molar-refractivity contribution in [1.82, 2.24) is 0 Å². The van der Waals surface area contributed by atoms with E-state index in [0.29, 0.717) is 26.1 Å². The van der Waals surface area contributed by atoms with E-state index in [2.05, 4.69) is 31.9 Å². The standard InChI is InChI=1S/C13H9Br2ClFNO/c1-6-2-12(8(15)4-11(6)18)19-13-5-10(17)9(16)3-7(13)14/h2-5H,18H2,1H3. The van der Waals surface area contributed by atoms with E-state index < -0.39 is 5.82 Å². The number of hydrogen-bond acceptors (Lipinski definition) is 2. The lowest BCUT2D eigenvalue weighted by atomic mass is 10.2. The van der Waals surface area contributed by atoms with Gasteiger partial charge in [-0.2, -0.15) is 0 Å². The monoisotopic (exact) mass is 407 g/mol. The van der Waals surface area contributed by atoms with Crippen molar-refractivity contribution in [2.24, 2.45) is 0 Å². The third kappa shape index (κ3) is 3.22. The smallest absolute Gasteiger partial charge is 0.145 e. The highest BCUT2D eigenvalue weighted by molar-refractivity contribution is 9.11. The van der Waals surface area contributed by atoms with Crippen LogP contribution in [0.2, 0.25) is 5.02 Å². The van der Waals surface area contributed by atoms with Crippen LogP contribution in [-0.4, -0.2) is 0 Å².